The molecule has 9 heteroatoms. The fourth-order valence-electron chi connectivity index (χ4n) is 4.68. The minimum absolute atomic E-state index is 0.162. The molecular formula is C36H54NO6Si2. The molecule has 1 radical (unpaired) electrons. The number of ether oxygens (including phenoxy) is 1. The number of hydrogen-bond donors (Lipinski definition) is 0. The van der Waals surface area contributed by atoms with E-state index in [1.807, 2.05) is 39.0 Å². The molecule has 0 spiro atoms. The van der Waals surface area contributed by atoms with Gasteiger partial charge in [-0.25, -0.2) is 4.79 Å². The maximum Gasteiger partial charge on any atom is 0.419 e. The minimum atomic E-state index is -2.49. The summed E-state index contributed by atoms with van der Waals surface area (Å²) < 4.78 is 27.4. The third-order valence-electron chi connectivity index (χ3n) is 7.96. The Kier molecular flexibility index (Phi) is 10.6. The van der Waals surface area contributed by atoms with Gasteiger partial charge in [-0.15, -0.1) is 0 Å². The van der Waals surface area contributed by atoms with E-state index < -0.39 is 35.2 Å². The largest absolute Gasteiger partial charge is 0.538 e. The number of allylic oxidation sites excluding steroid dienone is 2. The zero-order chi connectivity index (χ0) is 34.3. The molecule has 0 saturated carbocycles. The Morgan fingerprint density at radius 3 is 2.18 bits per heavy atom. The van der Waals surface area contributed by atoms with Crippen LogP contribution >= 0.6 is 0 Å². The van der Waals surface area contributed by atoms with Crippen LogP contribution in [-0.4, -0.2) is 33.6 Å². The first kappa shape index (κ1) is 36.6. The van der Waals surface area contributed by atoms with Crippen molar-refractivity contribution in [3.8, 4) is 17.1 Å². The third kappa shape index (κ3) is 8.68. The molecule has 0 amide bonds. The van der Waals surface area contributed by atoms with Crippen molar-refractivity contribution in [2.45, 2.75) is 126 Å². The second-order valence-electron chi connectivity index (χ2n) is 16.0. The van der Waals surface area contributed by atoms with E-state index in [1.165, 1.54) is 11.6 Å². The highest BCUT2D eigenvalue weighted by molar-refractivity contribution is 6.74. The Morgan fingerprint density at radius 2 is 1.67 bits per heavy atom. The maximum atomic E-state index is 14.1. The molecule has 0 aliphatic rings. The molecule has 3 aromatic rings. The van der Waals surface area contributed by atoms with Crippen LogP contribution in [0.1, 0.15) is 93.6 Å². The Hall–Kier alpha value is -2.89. The molecular weight excluding hydrogens is 599 g/mol. The lowest BCUT2D eigenvalue weighted by Gasteiger charge is -2.36. The fraction of sp³-hybridized carbons (Fsp3) is 0.556. The van der Waals surface area contributed by atoms with E-state index in [0.29, 0.717) is 29.0 Å². The number of para-hydroxylation sites is 1. The van der Waals surface area contributed by atoms with Crippen molar-refractivity contribution in [1.82, 2.24) is 4.57 Å². The van der Waals surface area contributed by atoms with Crippen molar-refractivity contribution >= 4 is 34.4 Å². The van der Waals surface area contributed by atoms with Gasteiger partial charge in [0, 0.05) is 23.2 Å². The number of carbonyl (C=O) groups is 1. The molecule has 247 valence electrons. The monoisotopic (exact) mass is 652 g/mol. The Balaban J connectivity index is 2.49. The lowest BCUT2D eigenvalue weighted by molar-refractivity contribution is 0.0544. The van der Waals surface area contributed by atoms with E-state index in [9.17, 15) is 9.59 Å². The summed E-state index contributed by atoms with van der Waals surface area (Å²) in [6, 6.07) is 7.47. The van der Waals surface area contributed by atoms with Gasteiger partial charge in [-0.1, -0.05) is 71.4 Å². The Morgan fingerprint density at radius 1 is 1.04 bits per heavy atom. The van der Waals surface area contributed by atoms with Crippen molar-refractivity contribution < 1.29 is 22.8 Å². The van der Waals surface area contributed by atoms with Crippen molar-refractivity contribution in [2.75, 3.05) is 0 Å². The molecule has 0 bridgehead atoms. The molecule has 2 heterocycles. The van der Waals surface area contributed by atoms with Crippen LogP contribution in [0.25, 0.3) is 22.2 Å². The summed E-state index contributed by atoms with van der Waals surface area (Å²) in [5.41, 5.74) is 2.11. The van der Waals surface area contributed by atoms with E-state index in [2.05, 4.69) is 87.7 Å². The lowest BCUT2D eigenvalue weighted by atomic mass is 9.87. The quantitative estimate of drug-likeness (QED) is 0.178. The highest BCUT2D eigenvalue weighted by Crippen LogP contribution is 2.44. The molecule has 0 fully saturated rings. The van der Waals surface area contributed by atoms with Crippen LogP contribution in [0.15, 0.2) is 51.3 Å². The SMILES string of the molecule is CC(C)=CCc1cccc2c(-c3oc(C(O[Si](C)C)C(C)(C)C)cc(=O)c3O[Si](C)(C)C(C)(C)C)cn(C(=O)OC(C)(C)C)c12. The topological polar surface area (TPSA) is 79.9 Å². The van der Waals surface area contributed by atoms with E-state index in [0.717, 1.165) is 10.9 Å². The van der Waals surface area contributed by atoms with Crippen LogP contribution < -0.4 is 9.85 Å². The van der Waals surface area contributed by atoms with Gasteiger partial charge in [0.15, 0.2) is 11.5 Å². The molecule has 0 aliphatic carbocycles. The van der Waals surface area contributed by atoms with Gasteiger partial charge < -0.3 is 18.0 Å². The van der Waals surface area contributed by atoms with E-state index in [4.69, 9.17) is 18.0 Å². The van der Waals surface area contributed by atoms with Crippen LogP contribution in [0.4, 0.5) is 4.79 Å². The number of benzene rings is 1. The molecule has 7 nitrogen and oxygen atoms in total. The number of nitrogens with zero attached hydrogens (tertiary/aromatic N) is 1. The number of carbonyl (C=O) groups excluding carboxylic acids is 1. The van der Waals surface area contributed by atoms with E-state index >= 15 is 0 Å². The number of hydrogen-bond acceptors (Lipinski definition) is 6. The van der Waals surface area contributed by atoms with Crippen LogP contribution in [0.2, 0.25) is 31.2 Å². The standard InChI is InChI=1S/C36H54NO6Si2/c1-23(2)19-20-24-17-16-18-25-26(22-37(29(24)25)33(39)41-35(6,7)8)30-31(43-45(14,15)36(9,10)11)27(38)21-28(40-30)32(34(3,4)5)42-44(12)13/h16-19,21-22,32H,20H2,1-15H3. The van der Waals surface area contributed by atoms with Gasteiger partial charge in [0.05, 0.1) is 5.52 Å². The number of fused-ring (bicyclic) bond motifs is 1. The van der Waals surface area contributed by atoms with Gasteiger partial charge in [0.25, 0.3) is 8.32 Å². The molecule has 2 aromatic heterocycles. The molecule has 0 saturated heterocycles. The highest BCUT2D eigenvalue weighted by Gasteiger charge is 2.41. The zero-order valence-electron chi connectivity index (χ0n) is 30.1. The smallest absolute Gasteiger partial charge is 0.419 e. The van der Waals surface area contributed by atoms with Gasteiger partial charge >= 0.3 is 6.09 Å². The first-order valence-corrected chi connectivity index (χ1v) is 21.1. The second-order valence-corrected chi connectivity index (χ2v) is 22.8. The highest BCUT2D eigenvalue weighted by atomic mass is 28.4. The predicted octanol–water partition coefficient (Wildman–Crippen LogP) is 10.3. The summed E-state index contributed by atoms with van der Waals surface area (Å²) in [7, 11) is -3.64. The Labute approximate surface area is 272 Å². The van der Waals surface area contributed by atoms with Gasteiger partial charge in [-0.2, -0.15) is 0 Å². The predicted molar refractivity (Wildman–Crippen MR) is 189 cm³/mol. The van der Waals surface area contributed by atoms with Crippen molar-refractivity contribution in [1.29, 1.82) is 0 Å². The van der Waals surface area contributed by atoms with Crippen LogP contribution in [0, 0.1) is 5.41 Å². The van der Waals surface area contributed by atoms with Crippen LogP contribution in [-0.2, 0) is 15.6 Å². The molecule has 0 N–H and O–H groups in total. The fourth-order valence-corrected chi connectivity index (χ4v) is 6.63. The first-order chi connectivity index (χ1) is 20.4. The summed E-state index contributed by atoms with van der Waals surface area (Å²) in [6.07, 6.45) is 3.53. The van der Waals surface area contributed by atoms with Gasteiger partial charge in [0.1, 0.15) is 17.5 Å². The van der Waals surface area contributed by atoms with Crippen LogP contribution in [0.3, 0.4) is 0 Å². The maximum absolute atomic E-state index is 14.1. The van der Waals surface area contributed by atoms with E-state index in [-0.39, 0.29) is 21.6 Å². The summed E-state index contributed by atoms with van der Waals surface area (Å²) >= 11 is 0. The van der Waals surface area contributed by atoms with Crippen molar-refractivity contribution in [3.05, 3.63) is 63.7 Å². The first-order valence-electron chi connectivity index (χ1n) is 15.8. The molecule has 3 rings (SSSR count). The van der Waals surface area contributed by atoms with E-state index in [1.54, 1.807) is 10.8 Å². The molecule has 1 unspecified atom stereocenters. The summed E-state index contributed by atoms with van der Waals surface area (Å²) in [4.78, 5) is 27.9. The summed E-state index contributed by atoms with van der Waals surface area (Å²) in [6.45, 7) is 30.6. The van der Waals surface area contributed by atoms with Crippen molar-refractivity contribution in [2.24, 2.45) is 5.41 Å². The average Bonchev–Trinajstić information content (AvgIpc) is 3.25. The van der Waals surface area contributed by atoms with Gasteiger partial charge in [-0.05, 0) is 83.2 Å². The van der Waals surface area contributed by atoms with Gasteiger partial charge in [0.2, 0.25) is 14.5 Å². The van der Waals surface area contributed by atoms with Crippen LogP contribution in [0.5, 0.6) is 5.75 Å². The second kappa shape index (κ2) is 13.1. The summed E-state index contributed by atoms with van der Waals surface area (Å²) in [5, 5.41) is 0.598. The minimum Gasteiger partial charge on any atom is -0.538 e. The average molecular weight is 653 g/mol. The normalized spacial score (nSPS) is 13.7. The number of rotatable bonds is 8. The van der Waals surface area contributed by atoms with Crippen molar-refractivity contribution in [3.63, 3.8) is 0 Å². The summed E-state index contributed by atoms with van der Waals surface area (Å²) in [5.74, 6) is 0.900. The zero-order valence-corrected chi connectivity index (χ0v) is 32.1. The lowest BCUT2D eigenvalue weighted by Crippen LogP contribution is -2.45. The molecule has 1 atom stereocenters. The molecule has 0 aliphatic heterocycles. The Bertz CT molecular complexity index is 1620. The molecule has 45 heavy (non-hydrogen) atoms. The number of aromatic nitrogens is 1. The third-order valence-corrected chi connectivity index (χ3v) is 13.0. The molecule has 1 aromatic carbocycles. The van der Waals surface area contributed by atoms with Gasteiger partial charge in [-0.3, -0.25) is 9.36 Å².